The molecule has 90 valence electrons. The van der Waals surface area contributed by atoms with Crippen molar-refractivity contribution in [3.05, 3.63) is 12.1 Å². The zero-order valence-corrected chi connectivity index (χ0v) is 10.1. The molecule has 1 aliphatic rings. The van der Waals surface area contributed by atoms with E-state index in [2.05, 4.69) is 25.9 Å². The quantitative estimate of drug-likeness (QED) is 0.814. The molecule has 1 N–H and O–H groups in total. The summed E-state index contributed by atoms with van der Waals surface area (Å²) in [5, 5.41) is 18.7. The topological polar surface area (TPSA) is 68.0 Å². The Morgan fingerprint density at radius 3 is 3.06 bits per heavy atom. The number of hydrogen-bond acceptors (Lipinski definition) is 5. The van der Waals surface area contributed by atoms with E-state index in [1.54, 1.807) is 0 Å². The molecule has 0 unspecified atom stereocenters. The average molecular weight is 253 g/mol. The van der Waals surface area contributed by atoms with Crippen LogP contribution < -0.4 is 5.32 Å². The van der Waals surface area contributed by atoms with E-state index >= 15 is 0 Å². The molecule has 0 aromatic carbocycles. The van der Waals surface area contributed by atoms with Crippen molar-refractivity contribution in [2.24, 2.45) is 5.41 Å². The van der Waals surface area contributed by atoms with Crippen molar-refractivity contribution in [1.82, 2.24) is 25.3 Å². The van der Waals surface area contributed by atoms with Crippen molar-refractivity contribution in [2.75, 3.05) is 17.7 Å². The maximum atomic E-state index is 5.80. The summed E-state index contributed by atoms with van der Waals surface area (Å²) in [4.78, 5) is 0. The number of nitrogens with one attached hydrogen (secondary N) is 1. The molecule has 1 saturated carbocycles. The summed E-state index contributed by atoms with van der Waals surface area (Å²) >= 11 is 5.80. The lowest BCUT2D eigenvalue weighted by Gasteiger charge is -2.14. The van der Waals surface area contributed by atoms with E-state index < -0.39 is 0 Å². The molecule has 0 radical (unpaired) electrons. The Morgan fingerprint density at radius 1 is 1.41 bits per heavy atom. The molecule has 0 amide bonds. The molecule has 2 heterocycles. The number of rotatable bonds is 5. The first-order chi connectivity index (χ1) is 8.31. The highest BCUT2D eigenvalue weighted by Crippen LogP contribution is 2.48. The summed E-state index contributed by atoms with van der Waals surface area (Å²) in [6.07, 6.45) is 3.56. The largest absolute Gasteiger partial charge is 0.368 e. The predicted octanol–water partition coefficient (Wildman–Crippen LogP) is 1.34. The van der Waals surface area contributed by atoms with Crippen LogP contribution in [-0.2, 0) is 0 Å². The van der Waals surface area contributed by atoms with Crippen LogP contribution in [0.15, 0.2) is 12.1 Å². The van der Waals surface area contributed by atoms with Gasteiger partial charge in [0, 0.05) is 12.4 Å². The number of aromatic nitrogens is 5. The number of hydrogen-bond donors (Lipinski definition) is 1. The van der Waals surface area contributed by atoms with Gasteiger partial charge in [-0.15, -0.1) is 26.4 Å². The van der Waals surface area contributed by atoms with Crippen molar-refractivity contribution < 1.29 is 0 Å². The molecule has 1 aliphatic carbocycles. The number of anilines is 1. The molecule has 0 bridgehead atoms. The van der Waals surface area contributed by atoms with Gasteiger partial charge in [0.2, 0.25) is 0 Å². The zero-order chi connectivity index (χ0) is 11.7. The second-order valence-corrected chi connectivity index (χ2v) is 4.92. The first-order valence-electron chi connectivity index (χ1n) is 5.67. The summed E-state index contributed by atoms with van der Waals surface area (Å²) in [5.41, 5.74) is 1.04. The van der Waals surface area contributed by atoms with Gasteiger partial charge < -0.3 is 5.32 Å². The van der Waals surface area contributed by atoms with Crippen molar-refractivity contribution in [3.63, 3.8) is 0 Å². The zero-order valence-electron chi connectivity index (χ0n) is 9.30. The highest BCUT2D eigenvalue weighted by atomic mass is 35.5. The summed E-state index contributed by atoms with van der Waals surface area (Å²) in [6, 6.07) is 3.74. The molecular formula is C10H13ClN6. The van der Waals surface area contributed by atoms with Crippen LogP contribution in [0.2, 0.25) is 0 Å². The molecule has 7 heteroatoms. The van der Waals surface area contributed by atoms with Gasteiger partial charge in [0.25, 0.3) is 0 Å². The molecule has 0 spiro atoms. The number of fused-ring (bicyclic) bond motifs is 1. The predicted molar refractivity (Wildman–Crippen MR) is 64.1 cm³/mol. The molecule has 1 fully saturated rings. The number of nitrogens with zero attached hydrogens (tertiary/aromatic N) is 5. The Bertz CT molecular complexity index is 520. The lowest BCUT2D eigenvalue weighted by atomic mass is 10.0. The van der Waals surface area contributed by atoms with Crippen LogP contribution in [0.5, 0.6) is 0 Å². The van der Waals surface area contributed by atoms with E-state index in [0.717, 1.165) is 24.7 Å². The van der Waals surface area contributed by atoms with E-state index in [1.807, 2.05) is 12.1 Å². The number of alkyl halides is 1. The Kier molecular flexibility index (Phi) is 2.58. The lowest BCUT2D eigenvalue weighted by molar-refractivity contribution is 0.523. The van der Waals surface area contributed by atoms with Gasteiger partial charge in [-0.05, 0) is 47.2 Å². The van der Waals surface area contributed by atoms with Gasteiger partial charge in [0.05, 0.1) is 0 Å². The van der Waals surface area contributed by atoms with Gasteiger partial charge in [-0.2, -0.15) is 0 Å². The normalized spacial score (nSPS) is 17.2. The second kappa shape index (κ2) is 4.10. The maximum absolute atomic E-state index is 5.80. The van der Waals surface area contributed by atoms with E-state index in [0.29, 0.717) is 11.1 Å². The maximum Gasteiger partial charge on any atom is 0.200 e. The van der Waals surface area contributed by atoms with Crippen LogP contribution in [0.25, 0.3) is 5.65 Å². The minimum absolute atomic E-state index is 0.388. The Hall–Kier alpha value is -1.43. The second-order valence-electron chi connectivity index (χ2n) is 4.54. The summed E-state index contributed by atoms with van der Waals surface area (Å²) in [6.45, 7) is 0.917. The van der Waals surface area contributed by atoms with Gasteiger partial charge in [-0.3, -0.25) is 0 Å². The van der Waals surface area contributed by atoms with E-state index in [-0.39, 0.29) is 0 Å². The van der Waals surface area contributed by atoms with Crippen molar-refractivity contribution in [3.8, 4) is 0 Å². The van der Waals surface area contributed by atoms with Crippen LogP contribution in [0.1, 0.15) is 19.3 Å². The highest BCUT2D eigenvalue weighted by Gasteiger charge is 2.41. The summed E-state index contributed by atoms with van der Waals surface area (Å²) in [7, 11) is 0. The molecule has 2 aromatic rings. The van der Waals surface area contributed by atoms with Gasteiger partial charge >= 0.3 is 0 Å². The standard InChI is InChI=1S/C10H13ClN6/c11-6-5-10(3-4-10)7-12-8-1-2-9-13-15-16-17(9)14-8/h1-2H,3-7H2,(H,12,14). The SMILES string of the molecule is ClCCC1(CNc2ccc3nnnn3n2)CC1. The molecule has 0 aliphatic heterocycles. The first-order valence-corrected chi connectivity index (χ1v) is 6.20. The van der Waals surface area contributed by atoms with Crippen molar-refractivity contribution in [2.45, 2.75) is 19.3 Å². The Morgan fingerprint density at radius 2 is 2.29 bits per heavy atom. The van der Waals surface area contributed by atoms with Crippen molar-refractivity contribution >= 4 is 23.1 Å². The molecule has 0 saturated heterocycles. The molecule has 3 rings (SSSR count). The van der Waals surface area contributed by atoms with Crippen LogP contribution in [0, 0.1) is 5.41 Å². The smallest absolute Gasteiger partial charge is 0.200 e. The fourth-order valence-electron chi connectivity index (χ4n) is 1.91. The van der Waals surface area contributed by atoms with Crippen molar-refractivity contribution in [1.29, 1.82) is 0 Å². The van der Waals surface area contributed by atoms with Crippen LogP contribution in [-0.4, -0.2) is 37.7 Å². The van der Waals surface area contributed by atoms with Crippen LogP contribution >= 0.6 is 11.6 Å². The summed E-state index contributed by atoms with van der Waals surface area (Å²) in [5.74, 6) is 1.52. The third-order valence-corrected chi connectivity index (χ3v) is 3.48. The monoisotopic (exact) mass is 252 g/mol. The molecule has 2 aromatic heterocycles. The highest BCUT2D eigenvalue weighted by molar-refractivity contribution is 6.17. The van der Waals surface area contributed by atoms with Crippen LogP contribution in [0.4, 0.5) is 5.82 Å². The van der Waals surface area contributed by atoms with Crippen LogP contribution in [0.3, 0.4) is 0 Å². The number of halogens is 1. The summed E-state index contributed by atoms with van der Waals surface area (Å²) < 4.78 is 1.42. The third-order valence-electron chi connectivity index (χ3n) is 3.30. The molecule has 17 heavy (non-hydrogen) atoms. The van der Waals surface area contributed by atoms with Gasteiger partial charge in [0.15, 0.2) is 5.65 Å². The van der Waals surface area contributed by atoms with Gasteiger partial charge in [-0.1, -0.05) is 0 Å². The fourth-order valence-corrected chi connectivity index (χ4v) is 2.32. The Balaban J connectivity index is 1.68. The minimum Gasteiger partial charge on any atom is -0.368 e. The molecular weight excluding hydrogens is 240 g/mol. The fraction of sp³-hybridized carbons (Fsp3) is 0.600. The van der Waals surface area contributed by atoms with E-state index in [9.17, 15) is 0 Å². The lowest BCUT2D eigenvalue weighted by Crippen LogP contribution is -2.17. The van der Waals surface area contributed by atoms with E-state index in [4.69, 9.17) is 11.6 Å². The first kappa shape index (κ1) is 10.7. The molecule has 6 nitrogen and oxygen atoms in total. The molecule has 0 atom stereocenters. The third kappa shape index (κ3) is 2.17. The number of tetrazole rings is 1. The average Bonchev–Trinajstić information content (AvgIpc) is 2.95. The Labute approximate surface area is 103 Å². The minimum atomic E-state index is 0.388. The van der Waals surface area contributed by atoms with E-state index in [1.165, 1.54) is 17.5 Å². The van der Waals surface area contributed by atoms with Gasteiger partial charge in [0.1, 0.15) is 5.82 Å². The van der Waals surface area contributed by atoms with Gasteiger partial charge in [-0.25, -0.2) is 0 Å².